The van der Waals surface area contributed by atoms with E-state index in [1.165, 1.54) is 36.0 Å². The second-order valence-corrected chi connectivity index (χ2v) is 4.74. The lowest BCUT2D eigenvalue weighted by Crippen LogP contribution is -1.91. The summed E-state index contributed by atoms with van der Waals surface area (Å²) in [6, 6.07) is 10.2. The quantitative estimate of drug-likeness (QED) is 0.485. The highest BCUT2D eigenvalue weighted by atomic mass is 32.2. The van der Waals surface area contributed by atoms with Crippen LogP contribution in [0.1, 0.15) is 10.4 Å². The van der Waals surface area contributed by atoms with Crippen LogP contribution in [0.25, 0.3) is 0 Å². The molecule has 0 saturated heterocycles. The van der Waals surface area contributed by atoms with Crippen LogP contribution in [-0.4, -0.2) is 11.2 Å². The second-order valence-electron chi connectivity index (χ2n) is 3.62. The van der Waals surface area contributed by atoms with E-state index in [2.05, 4.69) is 0 Å². The van der Waals surface area contributed by atoms with Gasteiger partial charge in [-0.15, -0.1) is 0 Å². The van der Waals surface area contributed by atoms with Crippen molar-refractivity contribution in [1.82, 2.24) is 0 Å². The fourth-order valence-corrected chi connectivity index (χ4v) is 2.41. The average Bonchev–Trinajstić information content (AvgIpc) is 2.39. The number of carbonyl (C=O) groups excluding carboxylic acids is 1. The molecule has 0 heterocycles. The molecular formula is C13H8FNO3S. The van der Waals surface area contributed by atoms with Crippen molar-refractivity contribution in [3.8, 4) is 0 Å². The number of benzene rings is 2. The lowest BCUT2D eigenvalue weighted by atomic mass is 10.2. The van der Waals surface area contributed by atoms with Crippen LogP contribution in [0.5, 0.6) is 0 Å². The second kappa shape index (κ2) is 5.62. The molecule has 0 amide bonds. The number of carbonyl (C=O) groups is 1. The first-order chi connectivity index (χ1) is 9.11. The van der Waals surface area contributed by atoms with Gasteiger partial charge in [0.15, 0.2) is 6.29 Å². The van der Waals surface area contributed by atoms with Crippen molar-refractivity contribution in [3.63, 3.8) is 0 Å². The van der Waals surface area contributed by atoms with E-state index in [4.69, 9.17) is 0 Å². The fourth-order valence-electron chi connectivity index (χ4n) is 1.48. The number of nitrogens with zero attached hydrogens (tertiary/aromatic N) is 1. The minimum absolute atomic E-state index is 0.00847. The molecule has 6 heteroatoms. The Balaban J connectivity index is 2.28. The molecule has 2 aromatic carbocycles. The third-order valence-electron chi connectivity index (χ3n) is 2.41. The van der Waals surface area contributed by atoms with Gasteiger partial charge in [-0.1, -0.05) is 17.8 Å². The standard InChI is InChI=1S/C13H8FNO3S/c14-12-2-1-3-13(11(12)8-16)19-10-6-4-9(5-7-10)15(17)18/h1-8H. The first kappa shape index (κ1) is 13.2. The predicted octanol–water partition coefficient (Wildman–Crippen LogP) is 3.70. The molecule has 19 heavy (non-hydrogen) atoms. The van der Waals surface area contributed by atoms with E-state index in [0.717, 1.165) is 0 Å². The summed E-state index contributed by atoms with van der Waals surface area (Å²) in [6.45, 7) is 0. The fraction of sp³-hybridized carbons (Fsp3) is 0. The van der Waals surface area contributed by atoms with Crippen LogP contribution < -0.4 is 0 Å². The maximum Gasteiger partial charge on any atom is 0.269 e. The normalized spacial score (nSPS) is 10.2. The van der Waals surface area contributed by atoms with Gasteiger partial charge >= 0.3 is 0 Å². The zero-order chi connectivity index (χ0) is 13.8. The molecule has 0 N–H and O–H groups in total. The zero-order valence-electron chi connectivity index (χ0n) is 9.58. The van der Waals surface area contributed by atoms with Gasteiger partial charge in [0.1, 0.15) is 5.82 Å². The number of halogens is 1. The molecule has 96 valence electrons. The molecule has 0 unspecified atom stereocenters. The SMILES string of the molecule is O=Cc1c(F)cccc1Sc1ccc([N+](=O)[O-])cc1. The van der Waals surface area contributed by atoms with Gasteiger partial charge in [-0.25, -0.2) is 4.39 Å². The zero-order valence-corrected chi connectivity index (χ0v) is 10.4. The van der Waals surface area contributed by atoms with Gasteiger partial charge in [-0.05, 0) is 24.3 Å². The summed E-state index contributed by atoms with van der Waals surface area (Å²) in [5.74, 6) is -0.582. The summed E-state index contributed by atoms with van der Waals surface area (Å²) in [6.07, 6.45) is 0.461. The molecule has 0 radical (unpaired) electrons. The first-order valence-electron chi connectivity index (χ1n) is 5.28. The minimum Gasteiger partial charge on any atom is -0.298 e. The number of non-ortho nitro benzene ring substituents is 1. The Kier molecular flexibility index (Phi) is 3.91. The largest absolute Gasteiger partial charge is 0.298 e. The maximum atomic E-state index is 13.4. The predicted molar refractivity (Wildman–Crippen MR) is 69.0 cm³/mol. The van der Waals surface area contributed by atoms with Crippen molar-refractivity contribution in [2.24, 2.45) is 0 Å². The van der Waals surface area contributed by atoms with Crippen LogP contribution in [0, 0.1) is 15.9 Å². The Morgan fingerprint density at radius 3 is 2.42 bits per heavy atom. The van der Waals surface area contributed by atoms with E-state index >= 15 is 0 Å². The highest BCUT2D eigenvalue weighted by Gasteiger charge is 2.10. The van der Waals surface area contributed by atoms with Crippen molar-refractivity contribution in [2.45, 2.75) is 9.79 Å². The molecule has 0 aromatic heterocycles. The van der Waals surface area contributed by atoms with Crippen LogP contribution in [0.3, 0.4) is 0 Å². The van der Waals surface area contributed by atoms with E-state index in [1.54, 1.807) is 18.2 Å². The number of nitro benzene ring substituents is 1. The topological polar surface area (TPSA) is 60.2 Å². The van der Waals surface area contributed by atoms with Gasteiger partial charge in [0.25, 0.3) is 5.69 Å². The van der Waals surface area contributed by atoms with Gasteiger partial charge in [-0.3, -0.25) is 14.9 Å². The van der Waals surface area contributed by atoms with Crippen molar-refractivity contribution in [3.05, 3.63) is 64.0 Å². The molecule has 0 atom stereocenters. The number of hydrogen-bond acceptors (Lipinski definition) is 4. The van der Waals surface area contributed by atoms with Gasteiger partial charge in [0, 0.05) is 21.9 Å². The van der Waals surface area contributed by atoms with Crippen LogP contribution in [-0.2, 0) is 0 Å². The van der Waals surface area contributed by atoms with Crippen LogP contribution >= 0.6 is 11.8 Å². The highest BCUT2D eigenvalue weighted by molar-refractivity contribution is 7.99. The minimum atomic E-state index is -0.582. The molecule has 0 aliphatic carbocycles. The van der Waals surface area contributed by atoms with Gasteiger partial charge in [-0.2, -0.15) is 0 Å². The van der Waals surface area contributed by atoms with Crippen molar-refractivity contribution in [1.29, 1.82) is 0 Å². The molecule has 2 rings (SSSR count). The molecule has 2 aromatic rings. The molecular weight excluding hydrogens is 269 g/mol. The monoisotopic (exact) mass is 277 g/mol. The van der Waals surface area contributed by atoms with E-state index in [0.29, 0.717) is 16.1 Å². The van der Waals surface area contributed by atoms with Crippen molar-refractivity contribution in [2.75, 3.05) is 0 Å². The Morgan fingerprint density at radius 1 is 1.16 bits per heavy atom. The van der Waals surface area contributed by atoms with Crippen LogP contribution in [0.15, 0.2) is 52.3 Å². The number of rotatable bonds is 4. The molecule has 0 spiro atoms. The third-order valence-corrected chi connectivity index (χ3v) is 3.49. The molecule has 4 nitrogen and oxygen atoms in total. The van der Waals surface area contributed by atoms with E-state index in [1.807, 2.05) is 0 Å². The Labute approximate surface area is 112 Å². The third kappa shape index (κ3) is 2.97. The van der Waals surface area contributed by atoms with Crippen LogP contribution in [0.2, 0.25) is 0 Å². The van der Waals surface area contributed by atoms with Crippen LogP contribution in [0.4, 0.5) is 10.1 Å². The lowest BCUT2D eigenvalue weighted by molar-refractivity contribution is -0.384. The Morgan fingerprint density at radius 2 is 1.84 bits per heavy atom. The number of aldehydes is 1. The Hall–Kier alpha value is -2.21. The summed E-state index contributed by atoms with van der Waals surface area (Å²) in [5.41, 5.74) is -0.0231. The molecule has 0 aliphatic rings. The summed E-state index contributed by atoms with van der Waals surface area (Å²) < 4.78 is 13.4. The van der Waals surface area contributed by atoms with Gasteiger partial charge < -0.3 is 0 Å². The van der Waals surface area contributed by atoms with Crippen molar-refractivity contribution < 1.29 is 14.1 Å². The van der Waals surface area contributed by atoms with E-state index in [-0.39, 0.29) is 11.3 Å². The smallest absolute Gasteiger partial charge is 0.269 e. The first-order valence-corrected chi connectivity index (χ1v) is 6.09. The van der Waals surface area contributed by atoms with Crippen molar-refractivity contribution >= 4 is 23.7 Å². The van der Waals surface area contributed by atoms with E-state index in [9.17, 15) is 19.3 Å². The summed E-state index contributed by atoms with van der Waals surface area (Å²) >= 11 is 1.18. The summed E-state index contributed by atoms with van der Waals surface area (Å²) in [5, 5.41) is 10.5. The molecule has 0 saturated carbocycles. The lowest BCUT2D eigenvalue weighted by Gasteiger charge is -2.05. The maximum absolute atomic E-state index is 13.4. The molecule has 0 bridgehead atoms. The summed E-state index contributed by atoms with van der Waals surface area (Å²) in [7, 11) is 0. The molecule has 0 fully saturated rings. The van der Waals surface area contributed by atoms with E-state index < -0.39 is 10.7 Å². The van der Waals surface area contributed by atoms with Gasteiger partial charge in [0.2, 0.25) is 0 Å². The highest BCUT2D eigenvalue weighted by Crippen LogP contribution is 2.31. The number of hydrogen-bond donors (Lipinski definition) is 0. The average molecular weight is 277 g/mol. The Bertz CT molecular complexity index is 628. The number of nitro groups is 1. The van der Waals surface area contributed by atoms with Gasteiger partial charge in [0.05, 0.1) is 10.5 Å². The summed E-state index contributed by atoms with van der Waals surface area (Å²) in [4.78, 5) is 22.0. The molecule has 0 aliphatic heterocycles.